The Hall–Kier alpha value is -0.670. The lowest BCUT2D eigenvalue weighted by Gasteiger charge is -2.17. The maximum Gasteiger partial charge on any atom is 0.116 e. The first-order valence-electron chi connectivity index (χ1n) is 8.75. The van der Waals surface area contributed by atoms with Gasteiger partial charge >= 0.3 is 0 Å². The maximum atomic E-state index is 5.18. The zero-order valence-electron chi connectivity index (χ0n) is 15.1. The number of hydrogen-bond donors (Lipinski definition) is 0. The van der Waals surface area contributed by atoms with Gasteiger partial charge < -0.3 is 4.74 Å². The fourth-order valence-electron chi connectivity index (χ4n) is 2.75. The molecule has 0 unspecified atom stereocenters. The summed E-state index contributed by atoms with van der Waals surface area (Å²) < 4.78 is 5.18. The van der Waals surface area contributed by atoms with Gasteiger partial charge in [-0.15, -0.1) is 11.3 Å². The summed E-state index contributed by atoms with van der Waals surface area (Å²) >= 11 is 1.83. The Kier molecular flexibility index (Phi) is 9.65. The van der Waals surface area contributed by atoms with E-state index in [-0.39, 0.29) is 0 Å². The average molecular weight is 324 g/mol. The summed E-state index contributed by atoms with van der Waals surface area (Å²) in [6, 6.07) is 0. The van der Waals surface area contributed by atoms with E-state index in [1.807, 2.05) is 11.3 Å². The minimum absolute atomic E-state index is 0.728. The van der Waals surface area contributed by atoms with E-state index in [9.17, 15) is 0 Å². The SMILES string of the molecule is CCCCC(CCCC)/C(C)=C/c1nc(C)c(CCOC)s1. The molecule has 1 rings (SSSR count). The molecule has 1 heterocycles. The van der Waals surface area contributed by atoms with Crippen LogP contribution in [0.3, 0.4) is 0 Å². The van der Waals surface area contributed by atoms with Crippen LogP contribution in [0.1, 0.15) is 74.9 Å². The lowest BCUT2D eigenvalue weighted by Crippen LogP contribution is -2.02. The fourth-order valence-corrected chi connectivity index (χ4v) is 3.81. The van der Waals surface area contributed by atoms with Crippen LogP contribution in [0.4, 0.5) is 0 Å². The smallest absolute Gasteiger partial charge is 0.116 e. The van der Waals surface area contributed by atoms with E-state index in [1.54, 1.807) is 7.11 Å². The van der Waals surface area contributed by atoms with Crippen LogP contribution in [0.5, 0.6) is 0 Å². The van der Waals surface area contributed by atoms with E-state index in [0.717, 1.165) is 18.9 Å². The number of thiazole rings is 1. The summed E-state index contributed by atoms with van der Waals surface area (Å²) in [6.07, 6.45) is 11.2. The molecule has 0 spiro atoms. The molecule has 22 heavy (non-hydrogen) atoms. The van der Waals surface area contributed by atoms with Gasteiger partial charge in [-0.3, -0.25) is 0 Å². The number of ether oxygens (including phenoxy) is 1. The molecule has 0 saturated carbocycles. The topological polar surface area (TPSA) is 22.1 Å². The Labute approximate surface area is 141 Å². The quantitative estimate of drug-likeness (QED) is 0.495. The van der Waals surface area contributed by atoms with Gasteiger partial charge in [0.1, 0.15) is 5.01 Å². The molecule has 0 amide bonds. The third-order valence-corrected chi connectivity index (χ3v) is 5.41. The molecule has 126 valence electrons. The molecule has 1 aromatic rings. The van der Waals surface area contributed by atoms with Crippen molar-refractivity contribution in [3.63, 3.8) is 0 Å². The molecular formula is C19H33NOS. The van der Waals surface area contributed by atoms with E-state index in [4.69, 9.17) is 9.72 Å². The molecule has 0 bridgehead atoms. The zero-order valence-corrected chi connectivity index (χ0v) is 15.9. The van der Waals surface area contributed by atoms with Crippen LogP contribution < -0.4 is 0 Å². The monoisotopic (exact) mass is 323 g/mol. The molecule has 3 heteroatoms. The van der Waals surface area contributed by atoms with Crippen LogP contribution in [0.25, 0.3) is 6.08 Å². The summed E-state index contributed by atoms with van der Waals surface area (Å²) in [5.74, 6) is 0.728. The highest BCUT2D eigenvalue weighted by molar-refractivity contribution is 7.12. The first kappa shape index (κ1) is 19.4. The normalized spacial score (nSPS) is 12.4. The molecule has 0 aromatic carbocycles. The van der Waals surface area contributed by atoms with Gasteiger partial charge in [-0.05, 0) is 38.7 Å². The second kappa shape index (κ2) is 11.0. The van der Waals surface area contributed by atoms with E-state index in [0.29, 0.717) is 0 Å². The van der Waals surface area contributed by atoms with Crippen LogP contribution in [0, 0.1) is 12.8 Å². The Bertz CT molecular complexity index is 442. The van der Waals surface area contributed by atoms with Gasteiger partial charge in [0.2, 0.25) is 0 Å². The molecule has 0 saturated heterocycles. The summed E-state index contributed by atoms with van der Waals surface area (Å²) in [5.41, 5.74) is 2.67. The van der Waals surface area contributed by atoms with E-state index < -0.39 is 0 Å². The van der Waals surface area contributed by atoms with Crippen molar-refractivity contribution in [2.45, 2.75) is 72.6 Å². The van der Waals surface area contributed by atoms with Crippen molar-refractivity contribution in [3.8, 4) is 0 Å². The Morgan fingerprint density at radius 3 is 2.41 bits per heavy atom. The zero-order chi connectivity index (χ0) is 16.4. The van der Waals surface area contributed by atoms with Gasteiger partial charge in [0, 0.05) is 18.4 Å². The summed E-state index contributed by atoms with van der Waals surface area (Å²) in [6.45, 7) is 9.74. The second-order valence-electron chi connectivity index (χ2n) is 6.17. The van der Waals surface area contributed by atoms with Crippen LogP contribution in [-0.2, 0) is 11.2 Å². The molecule has 0 atom stereocenters. The number of nitrogens with zero attached hydrogens (tertiary/aromatic N) is 1. The van der Waals surface area contributed by atoms with E-state index in [1.165, 1.54) is 59.7 Å². The summed E-state index contributed by atoms with van der Waals surface area (Å²) in [4.78, 5) is 6.09. The molecular weight excluding hydrogens is 290 g/mol. The van der Waals surface area contributed by atoms with Crippen molar-refractivity contribution in [1.29, 1.82) is 0 Å². The standard InChI is InChI=1S/C19H33NOS/c1-6-8-10-17(11-9-7-2)15(3)14-19-20-16(4)18(22-19)12-13-21-5/h14,17H,6-13H2,1-5H3/b15-14+. The summed E-state index contributed by atoms with van der Waals surface area (Å²) in [5, 5.41) is 1.17. The predicted octanol–water partition coefficient (Wildman–Crippen LogP) is 6.04. The largest absolute Gasteiger partial charge is 0.384 e. The highest BCUT2D eigenvalue weighted by Gasteiger charge is 2.12. The molecule has 1 aromatic heterocycles. The molecule has 2 nitrogen and oxygen atoms in total. The lowest BCUT2D eigenvalue weighted by atomic mass is 9.89. The number of unbranched alkanes of at least 4 members (excludes halogenated alkanes) is 2. The second-order valence-corrected chi connectivity index (χ2v) is 7.29. The molecule has 0 fully saturated rings. The highest BCUT2D eigenvalue weighted by atomic mass is 32.1. The minimum atomic E-state index is 0.728. The van der Waals surface area contributed by atoms with Gasteiger partial charge in [-0.2, -0.15) is 0 Å². The number of hydrogen-bond acceptors (Lipinski definition) is 3. The third-order valence-electron chi connectivity index (χ3n) is 4.25. The van der Waals surface area contributed by atoms with Crippen LogP contribution in [-0.4, -0.2) is 18.7 Å². The van der Waals surface area contributed by atoms with Gasteiger partial charge in [0.25, 0.3) is 0 Å². The number of allylic oxidation sites excluding steroid dienone is 1. The minimum Gasteiger partial charge on any atom is -0.384 e. The molecule has 0 radical (unpaired) electrons. The average Bonchev–Trinajstić information content (AvgIpc) is 2.84. The van der Waals surface area contributed by atoms with Crippen molar-refractivity contribution >= 4 is 17.4 Å². The lowest BCUT2D eigenvalue weighted by molar-refractivity contribution is 0.203. The van der Waals surface area contributed by atoms with Crippen molar-refractivity contribution in [3.05, 3.63) is 21.2 Å². The van der Waals surface area contributed by atoms with Gasteiger partial charge in [-0.1, -0.05) is 45.1 Å². The Morgan fingerprint density at radius 2 is 1.86 bits per heavy atom. The molecule has 0 aliphatic carbocycles. The van der Waals surface area contributed by atoms with Crippen molar-refractivity contribution in [2.75, 3.05) is 13.7 Å². The molecule has 0 aliphatic heterocycles. The van der Waals surface area contributed by atoms with Crippen LogP contribution >= 0.6 is 11.3 Å². The maximum absolute atomic E-state index is 5.18. The van der Waals surface area contributed by atoms with Gasteiger partial charge in [0.15, 0.2) is 0 Å². The number of rotatable bonds is 11. The Morgan fingerprint density at radius 1 is 1.23 bits per heavy atom. The van der Waals surface area contributed by atoms with Gasteiger partial charge in [0.05, 0.1) is 12.3 Å². The van der Waals surface area contributed by atoms with Crippen molar-refractivity contribution < 1.29 is 4.74 Å². The van der Waals surface area contributed by atoms with Crippen LogP contribution in [0.2, 0.25) is 0 Å². The van der Waals surface area contributed by atoms with Crippen molar-refractivity contribution in [2.24, 2.45) is 5.92 Å². The molecule has 0 N–H and O–H groups in total. The first-order chi connectivity index (χ1) is 10.6. The predicted molar refractivity (Wildman–Crippen MR) is 98.6 cm³/mol. The van der Waals surface area contributed by atoms with Crippen LogP contribution in [0.15, 0.2) is 5.57 Å². The first-order valence-corrected chi connectivity index (χ1v) is 9.57. The van der Waals surface area contributed by atoms with Crippen molar-refractivity contribution in [1.82, 2.24) is 4.98 Å². The summed E-state index contributed by atoms with van der Waals surface area (Å²) in [7, 11) is 1.76. The molecule has 0 aliphatic rings. The van der Waals surface area contributed by atoms with E-state index in [2.05, 4.69) is 33.8 Å². The Balaban J connectivity index is 2.78. The number of aromatic nitrogens is 1. The third kappa shape index (κ3) is 6.62. The van der Waals surface area contributed by atoms with Gasteiger partial charge in [-0.25, -0.2) is 4.98 Å². The highest BCUT2D eigenvalue weighted by Crippen LogP contribution is 2.28. The number of methoxy groups -OCH3 is 1. The number of aryl methyl sites for hydroxylation is 1. The van der Waals surface area contributed by atoms with E-state index >= 15 is 0 Å². The fraction of sp³-hybridized carbons (Fsp3) is 0.737.